The highest BCUT2D eigenvalue weighted by Gasteiger charge is 2.42. The Bertz CT molecular complexity index is 637. The van der Waals surface area contributed by atoms with Crippen LogP contribution in [0.3, 0.4) is 0 Å². The molecule has 1 aromatic heterocycles. The van der Waals surface area contributed by atoms with E-state index < -0.39 is 0 Å². The van der Waals surface area contributed by atoms with Crippen LogP contribution in [0.1, 0.15) is 52.2 Å². The van der Waals surface area contributed by atoms with Gasteiger partial charge in [-0.15, -0.1) is 11.3 Å². The van der Waals surface area contributed by atoms with Gasteiger partial charge in [0.1, 0.15) is 0 Å². The van der Waals surface area contributed by atoms with E-state index in [4.69, 9.17) is 4.74 Å². The van der Waals surface area contributed by atoms with Gasteiger partial charge in [0.2, 0.25) is 0 Å². The van der Waals surface area contributed by atoms with E-state index >= 15 is 0 Å². The van der Waals surface area contributed by atoms with E-state index in [-0.39, 0.29) is 30.1 Å². The summed E-state index contributed by atoms with van der Waals surface area (Å²) in [6.07, 6.45) is 5.98. The Labute approximate surface area is 153 Å². The Kier molecular flexibility index (Phi) is 4.88. The summed E-state index contributed by atoms with van der Waals surface area (Å²) in [4.78, 5) is 17.2. The van der Waals surface area contributed by atoms with Gasteiger partial charge in [-0.3, -0.25) is 4.79 Å². The minimum absolute atomic E-state index is 0.0211. The summed E-state index contributed by atoms with van der Waals surface area (Å²) in [6.45, 7) is 3.00. The van der Waals surface area contributed by atoms with Crippen molar-refractivity contribution < 1.29 is 14.6 Å². The van der Waals surface area contributed by atoms with Crippen LogP contribution in [-0.2, 0) is 16.8 Å². The first-order valence-corrected chi connectivity index (χ1v) is 10.3. The number of thiophene rings is 1. The molecule has 6 heteroatoms. The summed E-state index contributed by atoms with van der Waals surface area (Å²) in [7, 11) is 2.16. The van der Waals surface area contributed by atoms with Crippen molar-refractivity contribution in [1.29, 1.82) is 0 Å². The van der Waals surface area contributed by atoms with Crippen molar-refractivity contribution in [3.05, 3.63) is 21.4 Å². The number of carbonyl (C=O) groups excluding carboxylic acids is 1. The number of nitrogens with one attached hydrogen (secondary N) is 1. The van der Waals surface area contributed by atoms with E-state index in [0.29, 0.717) is 0 Å². The lowest BCUT2D eigenvalue weighted by molar-refractivity contribution is -0.0942. The van der Waals surface area contributed by atoms with Crippen molar-refractivity contribution in [2.75, 3.05) is 33.4 Å². The largest absolute Gasteiger partial charge is 0.396 e. The van der Waals surface area contributed by atoms with Gasteiger partial charge >= 0.3 is 0 Å². The highest BCUT2D eigenvalue weighted by Crippen LogP contribution is 2.44. The number of hydrogen-bond donors (Lipinski definition) is 2. The third kappa shape index (κ3) is 3.25. The predicted octanol–water partition coefficient (Wildman–Crippen LogP) is 2.13. The van der Waals surface area contributed by atoms with E-state index in [2.05, 4.69) is 23.3 Å². The van der Waals surface area contributed by atoms with Crippen LogP contribution in [0.4, 0.5) is 0 Å². The molecule has 5 nitrogen and oxygen atoms in total. The lowest BCUT2D eigenvalue weighted by Gasteiger charge is -2.43. The molecule has 25 heavy (non-hydrogen) atoms. The first-order valence-electron chi connectivity index (χ1n) is 9.49. The van der Waals surface area contributed by atoms with Crippen molar-refractivity contribution in [3.8, 4) is 0 Å². The van der Waals surface area contributed by atoms with Crippen LogP contribution in [-0.4, -0.2) is 55.3 Å². The van der Waals surface area contributed by atoms with Crippen LogP contribution in [0.5, 0.6) is 0 Å². The topological polar surface area (TPSA) is 61.8 Å². The monoisotopic (exact) mass is 364 g/mol. The number of carbonyl (C=O) groups is 1. The zero-order valence-corrected chi connectivity index (χ0v) is 15.7. The lowest BCUT2D eigenvalue weighted by atomic mass is 9.82. The number of aliphatic hydroxyl groups is 1. The molecule has 0 unspecified atom stereocenters. The number of ether oxygens (including phenoxy) is 1. The molecule has 1 spiro atoms. The minimum Gasteiger partial charge on any atom is -0.396 e. The summed E-state index contributed by atoms with van der Waals surface area (Å²) in [5.41, 5.74) is 1.07. The number of amides is 1. The highest BCUT2D eigenvalue weighted by atomic mass is 32.1. The molecule has 3 heterocycles. The summed E-state index contributed by atoms with van der Waals surface area (Å²) >= 11 is 1.64. The molecule has 138 valence electrons. The van der Waals surface area contributed by atoms with Crippen molar-refractivity contribution >= 4 is 17.2 Å². The molecule has 1 amide bonds. The number of likely N-dealkylation sites (tertiary alicyclic amines) is 1. The van der Waals surface area contributed by atoms with E-state index in [9.17, 15) is 9.90 Å². The molecule has 2 atom stereocenters. The highest BCUT2D eigenvalue weighted by molar-refractivity contribution is 7.14. The third-order valence-electron chi connectivity index (χ3n) is 6.24. The number of piperidine rings is 1. The molecule has 2 fully saturated rings. The second-order valence-electron chi connectivity index (χ2n) is 7.80. The van der Waals surface area contributed by atoms with E-state index in [1.165, 1.54) is 10.4 Å². The molecule has 0 radical (unpaired) electrons. The van der Waals surface area contributed by atoms with Crippen LogP contribution in [0.15, 0.2) is 6.07 Å². The fraction of sp³-hybridized carbons (Fsp3) is 0.737. The van der Waals surface area contributed by atoms with Gasteiger partial charge in [0.05, 0.1) is 17.1 Å². The molecule has 3 aliphatic rings. The molecule has 0 bridgehead atoms. The van der Waals surface area contributed by atoms with E-state index in [1.807, 2.05) is 0 Å². The number of aliphatic hydroxyl groups excluding tert-OH is 1. The van der Waals surface area contributed by atoms with Gasteiger partial charge in [-0.05, 0) is 44.4 Å². The minimum atomic E-state index is -0.184. The van der Waals surface area contributed by atoms with Gasteiger partial charge in [-0.2, -0.15) is 0 Å². The van der Waals surface area contributed by atoms with Crippen molar-refractivity contribution in [2.24, 2.45) is 5.92 Å². The number of fused-ring (bicyclic) bond motifs is 2. The zero-order valence-electron chi connectivity index (χ0n) is 14.9. The number of hydrogen-bond acceptors (Lipinski definition) is 5. The Morgan fingerprint density at radius 2 is 2.24 bits per heavy atom. The van der Waals surface area contributed by atoms with E-state index in [0.717, 1.165) is 63.1 Å². The summed E-state index contributed by atoms with van der Waals surface area (Å²) < 4.78 is 6.26. The Balaban J connectivity index is 1.53. The van der Waals surface area contributed by atoms with E-state index in [1.54, 1.807) is 11.3 Å². The van der Waals surface area contributed by atoms with Crippen LogP contribution >= 0.6 is 11.3 Å². The molecule has 1 aliphatic carbocycles. The van der Waals surface area contributed by atoms with Crippen molar-refractivity contribution in [3.63, 3.8) is 0 Å². The first kappa shape index (κ1) is 17.5. The normalized spacial score (nSPS) is 28.9. The van der Waals surface area contributed by atoms with Crippen LogP contribution < -0.4 is 5.32 Å². The zero-order chi connectivity index (χ0) is 17.4. The average Bonchev–Trinajstić information content (AvgIpc) is 3.25. The van der Waals surface area contributed by atoms with Gasteiger partial charge in [0.15, 0.2) is 0 Å². The smallest absolute Gasteiger partial charge is 0.261 e. The van der Waals surface area contributed by atoms with Crippen molar-refractivity contribution in [1.82, 2.24) is 10.2 Å². The summed E-state index contributed by atoms with van der Waals surface area (Å²) in [6, 6.07) is 2.20. The molecule has 4 rings (SSSR count). The number of nitrogens with zero attached hydrogens (tertiary/aromatic N) is 1. The van der Waals surface area contributed by atoms with Gasteiger partial charge in [-0.25, -0.2) is 0 Å². The maximum atomic E-state index is 12.8. The molecule has 1 aromatic rings. The van der Waals surface area contributed by atoms with Gasteiger partial charge in [-0.1, -0.05) is 6.42 Å². The van der Waals surface area contributed by atoms with Gasteiger partial charge in [0, 0.05) is 43.0 Å². The SMILES string of the molecule is CN1CCC2(CC1)OCCc1sc(C(=O)N[C@H]3CCC[C@H]3CO)cc12. The third-order valence-corrected chi connectivity index (χ3v) is 7.43. The molecule has 1 saturated carbocycles. The fourth-order valence-electron chi connectivity index (χ4n) is 4.61. The van der Waals surface area contributed by atoms with Crippen LogP contribution in [0, 0.1) is 5.92 Å². The van der Waals surface area contributed by atoms with Gasteiger partial charge < -0.3 is 20.1 Å². The molecular weight excluding hydrogens is 336 g/mol. The molecule has 1 saturated heterocycles. The Morgan fingerprint density at radius 1 is 1.44 bits per heavy atom. The lowest BCUT2D eigenvalue weighted by Crippen LogP contribution is -2.44. The maximum Gasteiger partial charge on any atom is 0.261 e. The van der Waals surface area contributed by atoms with Crippen LogP contribution in [0.2, 0.25) is 0 Å². The second-order valence-corrected chi connectivity index (χ2v) is 8.93. The molecular formula is C19H28N2O3S. The first-order chi connectivity index (χ1) is 12.1. The summed E-state index contributed by atoms with van der Waals surface area (Å²) in [5.74, 6) is 0.231. The van der Waals surface area contributed by atoms with Crippen LogP contribution in [0.25, 0.3) is 0 Å². The molecule has 2 N–H and O–H groups in total. The number of rotatable bonds is 3. The Morgan fingerprint density at radius 3 is 3.00 bits per heavy atom. The van der Waals surface area contributed by atoms with Gasteiger partial charge in [0.25, 0.3) is 5.91 Å². The quantitative estimate of drug-likeness (QED) is 0.863. The maximum absolute atomic E-state index is 12.8. The van der Waals surface area contributed by atoms with Crippen molar-refractivity contribution in [2.45, 2.75) is 50.2 Å². The predicted molar refractivity (Wildman–Crippen MR) is 98.1 cm³/mol. The fourth-order valence-corrected chi connectivity index (χ4v) is 5.74. The molecule has 2 aliphatic heterocycles. The summed E-state index contributed by atoms with van der Waals surface area (Å²) in [5, 5.41) is 12.6. The Hall–Kier alpha value is -0.950. The molecule has 0 aromatic carbocycles. The second kappa shape index (κ2) is 6.99. The standard InChI is InChI=1S/C19H28N2O3S/c1-21-8-6-19(7-9-21)14-11-17(25-16(14)5-10-24-19)18(23)20-15-4-2-3-13(15)12-22/h11,13,15,22H,2-10,12H2,1H3,(H,20,23)/t13-,15-/m0/s1. The average molecular weight is 365 g/mol.